The van der Waals surface area contributed by atoms with Crippen LogP contribution in [-0.4, -0.2) is 22.3 Å². The molecule has 2 aromatic heterocycles. The molecule has 0 unspecified atom stereocenters. The minimum Gasteiger partial charge on any atom is -0.330 e. The van der Waals surface area contributed by atoms with Crippen molar-refractivity contribution >= 4 is 28.1 Å². The zero-order valence-electron chi connectivity index (χ0n) is 12.1. The summed E-state index contributed by atoms with van der Waals surface area (Å²) in [5.41, 5.74) is 1.52. The van der Waals surface area contributed by atoms with Gasteiger partial charge in [-0.15, -0.1) is 17.9 Å². The molecule has 0 saturated heterocycles. The highest BCUT2D eigenvalue weighted by Gasteiger charge is 2.17. The maximum Gasteiger partial charge on any atom is 0.255 e. The topological polar surface area (TPSA) is 33.2 Å². The second-order valence-electron chi connectivity index (χ2n) is 4.93. The van der Waals surface area contributed by atoms with E-state index in [1.54, 1.807) is 28.5 Å². The van der Waals surface area contributed by atoms with Crippen molar-refractivity contribution in [3.8, 4) is 0 Å². The molecule has 1 amide bonds. The van der Waals surface area contributed by atoms with E-state index in [-0.39, 0.29) is 5.91 Å². The largest absolute Gasteiger partial charge is 0.330 e. The number of aromatic nitrogens is 1. The summed E-state index contributed by atoms with van der Waals surface area (Å²) in [7, 11) is 0. The van der Waals surface area contributed by atoms with Crippen molar-refractivity contribution < 1.29 is 4.79 Å². The molecule has 22 heavy (non-hydrogen) atoms. The van der Waals surface area contributed by atoms with Crippen LogP contribution in [0.5, 0.6) is 0 Å². The van der Waals surface area contributed by atoms with Gasteiger partial charge in [0.05, 0.1) is 12.1 Å². The van der Waals surface area contributed by atoms with Gasteiger partial charge in [0.1, 0.15) is 0 Å². The molecule has 0 saturated carbocycles. The first-order valence-corrected chi connectivity index (χ1v) is 7.94. The molecule has 0 aliphatic rings. The summed E-state index contributed by atoms with van der Waals surface area (Å²) in [5.74, 6) is 0.00639. The molecule has 3 aromatic rings. The molecule has 3 rings (SSSR count). The predicted octanol–water partition coefficient (Wildman–Crippen LogP) is 4.12. The Labute approximate surface area is 133 Å². The molecule has 0 fully saturated rings. The standard InChI is InChI=1S/C18H16N2OS/c1-2-11-20(13-14-6-5-12-22-14)18(21)16-7-3-9-17-15(16)8-4-10-19-17/h2-10,12H,1,11,13H2. The maximum absolute atomic E-state index is 12.9. The van der Waals surface area contributed by atoms with Gasteiger partial charge < -0.3 is 4.90 Å². The summed E-state index contributed by atoms with van der Waals surface area (Å²) in [6, 6.07) is 13.5. The minimum atomic E-state index is 0.00639. The highest BCUT2D eigenvalue weighted by Crippen LogP contribution is 2.20. The number of hydrogen-bond donors (Lipinski definition) is 0. The van der Waals surface area contributed by atoms with Crippen molar-refractivity contribution in [2.75, 3.05) is 6.54 Å². The summed E-state index contributed by atoms with van der Waals surface area (Å²) in [4.78, 5) is 20.2. The zero-order chi connectivity index (χ0) is 15.4. The quantitative estimate of drug-likeness (QED) is 0.664. The third-order valence-electron chi connectivity index (χ3n) is 3.44. The van der Waals surface area contributed by atoms with Crippen LogP contribution in [0.2, 0.25) is 0 Å². The molecular formula is C18H16N2OS. The number of pyridine rings is 1. The Bertz CT molecular complexity index is 790. The van der Waals surface area contributed by atoms with E-state index in [9.17, 15) is 4.79 Å². The van der Waals surface area contributed by atoms with Gasteiger partial charge in [-0.25, -0.2) is 0 Å². The molecule has 1 aromatic carbocycles. The van der Waals surface area contributed by atoms with Crippen LogP contribution >= 0.6 is 11.3 Å². The van der Waals surface area contributed by atoms with E-state index in [1.807, 2.05) is 47.8 Å². The summed E-state index contributed by atoms with van der Waals surface area (Å²) in [6.07, 6.45) is 3.50. The van der Waals surface area contributed by atoms with Crippen LogP contribution in [0.4, 0.5) is 0 Å². The number of amides is 1. The lowest BCUT2D eigenvalue weighted by Gasteiger charge is -2.21. The van der Waals surface area contributed by atoms with Gasteiger partial charge in [-0.2, -0.15) is 0 Å². The Morgan fingerprint density at radius 1 is 1.23 bits per heavy atom. The summed E-state index contributed by atoms with van der Waals surface area (Å²) >= 11 is 1.65. The Morgan fingerprint density at radius 3 is 2.91 bits per heavy atom. The predicted molar refractivity (Wildman–Crippen MR) is 91.0 cm³/mol. The number of hydrogen-bond acceptors (Lipinski definition) is 3. The van der Waals surface area contributed by atoms with Crippen molar-refractivity contribution in [1.82, 2.24) is 9.88 Å². The SMILES string of the molecule is C=CCN(Cc1cccs1)C(=O)c1cccc2ncccc12. The smallest absolute Gasteiger partial charge is 0.255 e. The van der Waals surface area contributed by atoms with Gasteiger partial charge in [-0.05, 0) is 29.6 Å². The van der Waals surface area contributed by atoms with Gasteiger partial charge in [-0.1, -0.05) is 24.3 Å². The summed E-state index contributed by atoms with van der Waals surface area (Å²) in [5, 5.41) is 2.91. The molecule has 110 valence electrons. The lowest BCUT2D eigenvalue weighted by atomic mass is 10.1. The fourth-order valence-electron chi connectivity index (χ4n) is 2.43. The molecular weight excluding hydrogens is 292 g/mol. The van der Waals surface area contributed by atoms with Crippen molar-refractivity contribution in [2.24, 2.45) is 0 Å². The number of fused-ring (bicyclic) bond motifs is 1. The first-order valence-electron chi connectivity index (χ1n) is 7.06. The molecule has 0 spiro atoms. The average Bonchev–Trinajstić information content (AvgIpc) is 3.06. The average molecular weight is 308 g/mol. The molecule has 0 radical (unpaired) electrons. The van der Waals surface area contributed by atoms with Gasteiger partial charge in [-0.3, -0.25) is 9.78 Å². The second-order valence-corrected chi connectivity index (χ2v) is 5.96. The Balaban J connectivity index is 1.96. The molecule has 2 heterocycles. The van der Waals surface area contributed by atoms with Crippen molar-refractivity contribution in [1.29, 1.82) is 0 Å². The normalized spacial score (nSPS) is 10.5. The zero-order valence-corrected chi connectivity index (χ0v) is 12.9. The van der Waals surface area contributed by atoms with Crippen molar-refractivity contribution in [2.45, 2.75) is 6.54 Å². The number of benzene rings is 1. The molecule has 0 N–H and O–H groups in total. The van der Waals surface area contributed by atoms with Gasteiger partial charge in [0.25, 0.3) is 5.91 Å². The van der Waals surface area contributed by atoms with E-state index in [4.69, 9.17) is 0 Å². The lowest BCUT2D eigenvalue weighted by Crippen LogP contribution is -2.30. The summed E-state index contributed by atoms with van der Waals surface area (Å²) < 4.78 is 0. The Hall–Kier alpha value is -2.46. The lowest BCUT2D eigenvalue weighted by molar-refractivity contribution is 0.0766. The number of thiophene rings is 1. The number of carbonyl (C=O) groups excluding carboxylic acids is 1. The van der Waals surface area contributed by atoms with E-state index in [1.165, 1.54) is 0 Å². The monoisotopic (exact) mass is 308 g/mol. The van der Waals surface area contributed by atoms with Gasteiger partial charge in [0.15, 0.2) is 0 Å². The van der Waals surface area contributed by atoms with Gasteiger partial charge >= 0.3 is 0 Å². The summed E-state index contributed by atoms with van der Waals surface area (Å²) in [6.45, 7) is 4.88. The van der Waals surface area contributed by atoms with Crippen LogP contribution in [0, 0.1) is 0 Å². The third-order valence-corrected chi connectivity index (χ3v) is 4.30. The van der Waals surface area contributed by atoms with Gasteiger partial charge in [0.2, 0.25) is 0 Å². The third kappa shape index (κ3) is 2.92. The number of nitrogens with zero attached hydrogens (tertiary/aromatic N) is 2. The van der Waals surface area contributed by atoms with Crippen LogP contribution in [0.3, 0.4) is 0 Å². The minimum absolute atomic E-state index is 0.00639. The number of carbonyl (C=O) groups is 1. The van der Waals surface area contributed by atoms with Crippen LogP contribution in [0.25, 0.3) is 10.9 Å². The molecule has 4 heteroatoms. The first kappa shape index (κ1) is 14.5. The Kier molecular flexibility index (Phi) is 4.30. The first-order chi connectivity index (χ1) is 10.8. The fraction of sp³-hybridized carbons (Fsp3) is 0.111. The Morgan fingerprint density at radius 2 is 2.14 bits per heavy atom. The molecule has 0 aliphatic heterocycles. The van der Waals surface area contributed by atoms with Crippen LogP contribution in [0.15, 0.2) is 66.7 Å². The maximum atomic E-state index is 12.9. The van der Waals surface area contributed by atoms with Crippen LogP contribution in [-0.2, 0) is 6.54 Å². The highest BCUT2D eigenvalue weighted by molar-refractivity contribution is 7.09. The molecule has 0 bridgehead atoms. The van der Waals surface area contributed by atoms with Crippen LogP contribution in [0.1, 0.15) is 15.2 Å². The van der Waals surface area contributed by atoms with Crippen LogP contribution < -0.4 is 0 Å². The van der Waals surface area contributed by atoms with E-state index in [0.717, 1.165) is 15.8 Å². The highest BCUT2D eigenvalue weighted by atomic mass is 32.1. The fourth-order valence-corrected chi connectivity index (χ4v) is 3.15. The van der Waals surface area contributed by atoms with Crippen molar-refractivity contribution in [3.63, 3.8) is 0 Å². The molecule has 0 aliphatic carbocycles. The number of rotatable bonds is 5. The van der Waals surface area contributed by atoms with Crippen molar-refractivity contribution in [3.05, 3.63) is 77.1 Å². The molecule has 3 nitrogen and oxygen atoms in total. The van der Waals surface area contributed by atoms with E-state index >= 15 is 0 Å². The van der Waals surface area contributed by atoms with E-state index in [0.29, 0.717) is 18.7 Å². The van der Waals surface area contributed by atoms with E-state index in [2.05, 4.69) is 11.6 Å². The molecule has 0 atom stereocenters. The van der Waals surface area contributed by atoms with E-state index < -0.39 is 0 Å². The van der Waals surface area contributed by atoms with Gasteiger partial charge in [0, 0.05) is 28.6 Å². The second kappa shape index (κ2) is 6.54.